The number of nitrogens with one attached hydrogen (secondary N) is 1. The summed E-state index contributed by atoms with van der Waals surface area (Å²) < 4.78 is 13.0. The number of carbonyl (C=O) groups is 1. The Morgan fingerprint density at radius 3 is 2.56 bits per heavy atom. The molecule has 32 heavy (non-hydrogen) atoms. The summed E-state index contributed by atoms with van der Waals surface area (Å²) in [6, 6.07) is 18.2. The lowest BCUT2D eigenvalue weighted by Crippen LogP contribution is -2.27. The molecule has 1 amide bonds. The molecule has 0 aliphatic rings. The molecular formula is C24H30N4O3S. The van der Waals surface area contributed by atoms with Crippen molar-refractivity contribution in [1.29, 1.82) is 0 Å². The van der Waals surface area contributed by atoms with Gasteiger partial charge in [0, 0.05) is 20.3 Å². The molecule has 2 aromatic carbocycles. The fraction of sp³-hybridized carbons (Fsp3) is 0.375. The van der Waals surface area contributed by atoms with E-state index in [0.29, 0.717) is 31.5 Å². The van der Waals surface area contributed by atoms with Gasteiger partial charge in [-0.1, -0.05) is 61.2 Å². The summed E-state index contributed by atoms with van der Waals surface area (Å²) >= 11 is 1.38. The smallest absolute Gasteiger partial charge is 0.230 e. The molecule has 3 aromatic rings. The molecule has 0 fully saturated rings. The second-order valence-electron chi connectivity index (χ2n) is 7.24. The number of hydrogen-bond acceptors (Lipinski definition) is 6. The van der Waals surface area contributed by atoms with Gasteiger partial charge in [0.2, 0.25) is 5.91 Å². The first-order chi connectivity index (χ1) is 15.7. The van der Waals surface area contributed by atoms with E-state index in [2.05, 4.69) is 46.7 Å². The van der Waals surface area contributed by atoms with Crippen molar-refractivity contribution in [3.63, 3.8) is 0 Å². The zero-order chi connectivity index (χ0) is 22.6. The van der Waals surface area contributed by atoms with E-state index in [9.17, 15) is 4.79 Å². The molecule has 0 aliphatic carbocycles. The van der Waals surface area contributed by atoms with E-state index in [1.807, 2.05) is 34.9 Å². The number of thioether (sulfide) groups is 1. The van der Waals surface area contributed by atoms with E-state index in [0.717, 1.165) is 30.0 Å². The van der Waals surface area contributed by atoms with Crippen molar-refractivity contribution in [1.82, 2.24) is 20.1 Å². The number of rotatable bonds is 13. The van der Waals surface area contributed by atoms with Gasteiger partial charge in [0.05, 0.1) is 12.3 Å². The second-order valence-corrected chi connectivity index (χ2v) is 8.18. The van der Waals surface area contributed by atoms with Gasteiger partial charge < -0.3 is 14.8 Å². The highest BCUT2D eigenvalue weighted by Gasteiger charge is 2.15. The van der Waals surface area contributed by atoms with Gasteiger partial charge in [0.15, 0.2) is 11.0 Å². The zero-order valence-corrected chi connectivity index (χ0v) is 19.4. The summed E-state index contributed by atoms with van der Waals surface area (Å²) in [5.74, 6) is 1.76. The molecular weight excluding hydrogens is 424 g/mol. The summed E-state index contributed by atoms with van der Waals surface area (Å²) in [6.45, 7) is 4.26. The van der Waals surface area contributed by atoms with E-state index in [-0.39, 0.29) is 11.7 Å². The van der Waals surface area contributed by atoms with Crippen LogP contribution >= 0.6 is 11.8 Å². The molecule has 8 heteroatoms. The highest BCUT2D eigenvalue weighted by molar-refractivity contribution is 7.99. The Balaban J connectivity index is 1.66. The predicted molar refractivity (Wildman–Crippen MR) is 126 cm³/mol. The molecule has 0 radical (unpaired) electrons. The summed E-state index contributed by atoms with van der Waals surface area (Å²) in [5, 5.41) is 12.3. The molecule has 1 N–H and O–H groups in total. The van der Waals surface area contributed by atoms with Crippen molar-refractivity contribution in [3.05, 3.63) is 71.5 Å². The van der Waals surface area contributed by atoms with E-state index >= 15 is 0 Å². The first kappa shape index (κ1) is 23.8. The lowest BCUT2D eigenvalue weighted by atomic mass is 10.2. The molecule has 1 aromatic heterocycles. The van der Waals surface area contributed by atoms with Crippen LogP contribution < -0.4 is 10.1 Å². The molecule has 1 heterocycles. The molecule has 0 saturated carbocycles. The Morgan fingerprint density at radius 1 is 1.06 bits per heavy atom. The minimum Gasteiger partial charge on any atom is -0.486 e. The third-order valence-electron chi connectivity index (χ3n) is 4.86. The maximum absolute atomic E-state index is 12.2. The summed E-state index contributed by atoms with van der Waals surface area (Å²) in [4.78, 5) is 12.2. The Bertz CT molecular complexity index is 961. The van der Waals surface area contributed by atoms with E-state index < -0.39 is 0 Å². The van der Waals surface area contributed by atoms with Crippen LogP contribution in [-0.2, 0) is 29.1 Å². The fourth-order valence-electron chi connectivity index (χ4n) is 3.05. The van der Waals surface area contributed by atoms with E-state index in [4.69, 9.17) is 9.47 Å². The summed E-state index contributed by atoms with van der Waals surface area (Å²) in [5.41, 5.74) is 2.40. The molecule has 0 bridgehead atoms. The average Bonchev–Trinajstić information content (AvgIpc) is 3.21. The first-order valence-electron chi connectivity index (χ1n) is 10.8. The van der Waals surface area contributed by atoms with Gasteiger partial charge >= 0.3 is 0 Å². The highest BCUT2D eigenvalue weighted by atomic mass is 32.2. The lowest BCUT2D eigenvalue weighted by molar-refractivity contribution is -0.118. The van der Waals surface area contributed by atoms with Crippen LogP contribution in [0.3, 0.4) is 0 Å². The van der Waals surface area contributed by atoms with Crippen LogP contribution in [0.15, 0.2) is 59.8 Å². The largest absolute Gasteiger partial charge is 0.486 e. The molecule has 0 aliphatic heterocycles. The third kappa shape index (κ3) is 7.39. The highest BCUT2D eigenvalue weighted by Crippen LogP contribution is 2.20. The van der Waals surface area contributed by atoms with Crippen LogP contribution in [0.4, 0.5) is 0 Å². The van der Waals surface area contributed by atoms with Crippen LogP contribution in [0.5, 0.6) is 5.75 Å². The van der Waals surface area contributed by atoms with Gasteiger partial charge in [-0.25, -0.2) is 0 Å². The number of aromatic nitrogens is 3. The van der Waals surface area contributed by atoms with Gasteiger partial charge in [-0.3, -0.25) is 9.36 Å². The van der Waals surface area contributed by atoms with Crippen LogP contribution in [-0.4, -0.2) is 46.7 Å². The number of ether oxygens (including phenoxy) is 2. The first-order valence-corrected chi connectivity index (χ1v) is 11.7. The van der Waals surface area contributed by atoms with Crippen molar-refractivity contribution >= 4 is 17.7 Å². The minimum atomic E-state index is -0.0332. The number of hydrogen-bond donors (Lipinski definition) is 1. The molecule has 3 rings (SSSR count). The normalized spacial score (nSPS) is 10.8. The zero-order valence-electron chi connectivity index (χ0n) is 18.6. The maximum Gasteiger partial charge on any atom is 0.230 e. The molecule has 7 nitrogen and oxygen atoms in total. The Labute approximate surface area is 193 Å². The lowest BCUT2D eigenvalue weighted by Gasteiger charge is -2.12. The van der Waals surface area contributed by atoms with Gasteiger partial charge in [-0.2, -0.15) is 0 Å². The van der Waals surface area contributed by atoms with Crippen LogP contribution in [0.2, 0.25) is 0 Å². The van der Waals surface area contributed by atoms with Crippen molar-refractivity contribution in [2.45, 2.75) is 38.1 Å². The number of methoxy groups -OCH3 is 1. The van der Waals surface area contributed by atoms with E-state index in [1.54, 1.807) is 7.11 Å². The SMILES string of the molecule is CCc1ccc(OCc2nnc(SCC(=O)NCCCOC)n2Cc2ccccc2)cc1. The fourth-order valence-corrected chi connectivity index (χ4v) is 3.84. The van der Waals surface area contributed by atoms with Crippen LogP contribution in [0, 0.1) is 0 Å². The van der Waals surface area contributed by atoms with Crippen LogP contribution in [0.25, 0.3) is 0 Å². The number of amides is 1. The average molecular weight is 455 g/mol. The van der Waals surface area contributed by atoms with Crippen molar-refractivity contribution < 1.29 is 14.3 Å². The molecule has 0 atom stereocenters. The van der Waals surface area contributed by atoms with Gasteiger partial charge in [-0.15, -0.1) is 10.2 Å². The van der Waals surface area contributed by atoms with Gasteiger partial charge in [-0.05, 0) is 36.1 Å². The number of benzene rings is 2. The van der Waals surface area contributed by atoms with Gasteiger partial charge in [0.25, 0.3) is 0 Å². The molecule has 170 valence electrons. The Hall–Kier alpha value is -2.84. The molecule has 0 unspecified atom stereocenters. The number of nitrogens with zero attached hydrogens (tertiary/aromatic N) is 3. The summed E-state index contributed by atoms with van der Waals surface area (Å²) in [7, 11) is 1.65. The third-order valence-corrected chi connectivity index (χ3v) is 5.82. The van der Waals surface area contributed by atoms with Crippen molar-refractivity contribution in [3.8, 4) is 5.75 Å². The number of carbonyl (C=O) groups excluding carboxylic acids is 1. The van der Waals surface area contributed by atoms with E-state index in [1.165, 1.54) is 17.3 Å². The summed E-state index contributed by atoms with van der Waals surface area (Å²) in [6.07, 6.45) is 1.78. The quantitative estimate of drug-likeness (QED) is 0.313. The molecule has 0 spiro atoms. The Morgan fingerprint density at radius 2 is 1.84 bits per heavy atom. The Kier molecular flexibility index (Phi) is 9.59. The van der Waals surface area contributed by atoms with Crippen molar-refractivity contribution in [2.24, 2.45) is 0 Å². The predicted octanol–water partition coefficient (Wildman–Crippen LogP) is 3.71. The minimum absolute atomic E-state index is 0.0332. The standard InChI is InChI=1S/C24H30N4O3S/c1-3-19-10-12-21(13-11-19)31-17-22-26-27-24(28(22)16-20-8-5-4-6-9-20)32-18-23(29)25-14-7-15-30-2/h4-6,8-13H,3,7,14-18H2,1-2H3,(H,25,29). The van der Waals surface area contributed by atoms with Crippen molar-refractivity contribution in [2.75, 3.05) is 26.0 Å². The molecule has 0 saturated heterocycles. The topological polar surface area (TPSA) is 78.3 Å². The van der Waals surface area contributed by atoms with Gasteiger partial charge in [0.1, 0.15) is 12.4 Å². The second kappa shape index (κ2) is 12.9. The maximum atomic E-state index is 12.2. The van der Waals surface area contributed by atoms with Crippen LogP contribution in [0.1, 0.15) is 30.3 Å². The number of aryl methyl sites for hydroxylation is 1. The monoisotopic (exact) mass is 454 g/mol.